The van der Waals surface area contributed by atoms with Gasteiger partial charge in [-0.05, 0) is 65.8 Å². The third kappa shape index (κ3) is 5.55. The first-order chi connectivity index (χ1) is 14.1. The first-order valence-corrected chi connectivity index (χ1v) is 10.3. The standard InChI is InChI=1S/C27H26F2/c1-3-5-7-20-8-13-23(14-9-20)24-15-10-21(11-16-24)12-17-25-26(28)18-22(6-4-2)19-27(25)29/h8-11,13-16,18-19H,3-7H2,1-2H3. The molecule has 0 atom stereocenters. The highest BCUT2D eigenvalue weighted by Crippen LogP contribution is 2.21. The van der Waals surface area contributed by atoms with Gasteiger partial charge in [-0.2, -0.15) is 0 Å². The highest BCUT2D eigenvalue weighted by atomic mass is 19.1. The van der Waals surface area contributed by atoms with Crippen LogP contribution in [0.25, 0.3) is 11.1 Å². The maximum atomic E-state index is 14.2. The molecule has 0 nitrogen and oxygen atoms in total. The molecule has 0 saturated heterocycles. The molecule has 0 radical (unpaired) electrons. The molecule has 0 aromatic heterocycles. The predicted octanol–water partition coefficient (Wildman–Crippen LogP) is 7.33. The lowest BCUT2D eigenvalue weighted by Crippen LogP contribution is -1.94. The topological polar surface area (TPSA) is 0 Å². The molecule has 0 unspecified atom stereocenters. The zero-order valence-corrected chi connectivity index (χ0v) is 17.1. The second-order valence-corrected chi connectivity index (χ2v) is 7.31. The zero-order valence-electron chi connectivity index (χ0n) is 17.1. The van der Waals surface area contributed by atoms with E-state index in [1.54, 1.807) is 0 Å². The fraction of sp³-hybridized carbons (Fsp3) is 0.259. The van der Waals surface area contributed by atoms with Crippen LogP contribution in [0.15, 0.2) is 60.7 Å². The lowest BCUT2D eigenvalue weighted by atomic mass is 10.0. The van der Waals surface area contributed by atoms with Crippen LogP contribution >= 0.6 is 0 Å². The summed E-state index contributed by atoms with van der Waals surface area (Å²) in [6, 6.07) is 19.1. The smallest absolute Gasteiger partial charge is 0.142 e. The number of aryl methyl sites for hydroxylation is 2. The normalized spacial score (nSPS) is 10.5. The summed E-state index contributed by atoms with van der Waals surface area (Å²) in [6.07, 6.45) is 5.01. The lowest BCUT2D eigenvalue weighted by Gasteiger charge is -2.05. The van der Waals surface area contributed by atoms with Crippen molar-refractivity contribution in [3.8, 4) is 23.0 Å². The van der Waals surface area contributed by atoms with E-state index >= 15 is 0 Å². The van der Waals surface area contributed by atoms with Crippen molar-refractivity contribution in [1.29, 1.82) is 0 Å². The summed E-state index contributed by atoms with van der Waals surface area (Å²) >= 11 is 0. The van der Waals surface area contributed by atoms with Crippen molar-refractivity contribution in [2.45, 2.75) is 46.0 Å². The molecule has 0 heterocycles. The molecule has 3 aromatic rings. The van der Waals surface area contributed by atoms with Crippen molar-refractivity contribution in [2.24, 2.45) is 0 Å². The Morgan fingerprint density at radius 2 is 1.24 bits per heavy atom. The number of unbranched alkanes of at least 4 members (excludes halogenated alkanes) is 1. The summed E-state index contributed by atoms with van der Waals surface area (Å²) in [4.78, 5) is 0. The van der Waals surface area contributed by atoms with Crippen LogP contribution in [0.1, 0.15) is 55.4 Å². The second kappa shape index (κ2) is 10.0. The molecule has 0 spiro atoms. The van der Waals surface area contributed by atoms with Gasteiger partial charge < -0.3 is 0 Å². The largest absolute Gasteiger partial charge is 0.206 e. The van der Waals surface area contributed by atoms with Gasteiger partial charge in [0.25, 0.3) is 0 Å². The molecule has 3 rings (SSSR count). The van der Waals surface area contributed by atoms with Gasteiger partial charge in [0.15, 0.2) is 0 Å². The second-order valence-electron chi connectivity index (χ2n) is 7.31. The van der Waals surface area contributed by atoms with Crippen molar-refractivity contribution in [2.75, 3.05) is 0 Å². The van der Waals surface area contributed by atoms with Gasteiger partial charge in [-0.15, -0.1) is 0 Å². The summed E-state index contributed by atoms with van der Waals surface area (Å²) < 4.78 is 28.4. The summed E-state index contributed by atoms with van der Waals surface area (Å²) in [6.45, 7) is 4.18. The number of benzene rings is 3. The molecule has 0 aliphatic carbocycles. The number of hydrogen-bond acceptors (Lipinski definition) is 0. The lowest BCUT2D eigenvalue weighted by molar-refractivity contribution is 0.573. The number of hydrogen-bond donors (Lipinski definition) is 0. The number of rotatable bonds is 6. The first-order valence-electron chi connectivity index (χ1n) is 10.3. The summed E-state index contributed by atoms with van der Waals surface area (Å²) in [5, 5.41) is 0. The SMILES string of the molecule is CCCCc1ccc(-c2ccc(C#Cc3c(F)cc(CCC)cc3F)cc2)cc1. The maximum absolute atomic E-state index is 14.2. The molecule has 0 fully saturated rings. The Labute approximate surface area is 172 Å². The Balaban J connectivity index is 1.75. The minimum Gasteiger partial charge on any atom is -0.206 e. The number of halogens is 2. The molecule has 29 heavy (non-hydrogen) atoms. The van der Waals surface area contributed by atoms with Gasteiger partial charge in [0.1, 0.15) is 11.6 Å². The first kappa shape index (κ1) is 20.8. The van der Waals surface area contributed by atoms with Gasteiger partial charge in [-0.3, -0.25) is 0 Å². The van der Waals surface area contributed by atoms with E-state index < -0.39 is 11.6 Å². The molecule has 0 aliphatic heterocycles. The zero-order chi connectivity index (χ0) is 20.6. The third-order valence-corrected chi connectivity index (χ3v) is 4.96. The summed E-state index contributed by atoms with van der Waals surface area (Å²) in [5.74, 6) is 4.34. The van der Waals surface area contributed by atoms with Crippen LogP contribution in [0.2, 0.25) is 0 Å². The monoisotopic (exact) mass is 388 g/mol. The van der Waals surface area contributed by atoms with Crippen molar-refractivity contribution < 1.29 is 8.78 Å². The van der Waals surface area contributed by atoms with Crippen LogP contribution in [0, 0.1) is 23.5 Å². The van der Waals surface area contributed by atoms with Crippen LogP contribution in [-0.2, 0) is 12.8 Å². The van der Waals surface area contributed by atoms with Gasteiger partial charge in [0, 0.05) is 5.56 Å². The highest BCUT2D eigenvalue weighted by molar-refractivity contribution is 5.64. The quantitative estimate of drug-likeness (QED) is 0.388. The molecular formula is C27H26F2. The molecule has 0 amide bonds. The highest BCUT2D eigenvalue weighted by Gasteiger charge is 2.09. The molecule has 0 N–H and O–H groups in total. The van der Waals surface area contributed by atoms with Gasteiger partial charge in [0.05, 0.1) is 5.56 Å². The molecule has 0 aliphatic rings. The van der Waals surface area contributed by atoms with E-state index in [-0.39, 0.29) is 5.56 Å². The maximum Gasteiger partial charge on any atom is 0.142 e. The minimum atomic E-state index is -0.597. The average Bonchev–Trinajstić information content (AvgIpc) is 2.73. The fourth-order valence-corrected chi connectivity index (χ4v) is 3.30. The Morgan fingerprint density at radius 1 is 0.655 bits per heavy atom. The van der Waals surface area contributed by atoms with Gasteiger partial charge in [-0.25, -0.2) is 8.78 Å². The van der Waals surface area contributed by atoms with Crippen molar-refractivity contribution >= 4 is 0 Å². The van der Waals surface area contributed by atoms with Crippen molar-refractivity contribution in [1.82, 2.24) is 0 Å². The van der Waals surface area contributed by atoms with E-state index in [9.17, 15) is 8.78 Å². The van der Waals surface area contributed by atoms with Gasteiger partial charge in [0.2, 0.25) is 0 Å². The van der Waals surface area contributed by atoms with Crippen molar-refractivity contribution in [3.63, 3.8) is 0 Å². The molecule has 148 valence electrons. The van der Waals surface area contributed by atoms with Crippen LogP contribution in [0.3, 0.4) is 0 Å². The van der Waals surface area contributed by atoms with Gasteiger partial charge in [-0.1, -0.05) is 74.9 Å². The predicted molar refractivity (Wildman–Crippen MR) is 117 cm³/mol. The average molecular weight is 389 g/mol. The Kier molecular flexibility index (Phi) is 7.19. The van der Waals surface area contributed by atoms with E-state index in [0.717, 1.165) is 29.5 Å². The molecule has 3 aromatic carbocycles. The van der Waals surface area contributed by atoms with E-state index in [0.29, 0.717) is 12.0 Å². The Bertz CT molecular complexity index is 980. The Hall–Kier alpha value is -2.92. The molecular weight excluding hydrogens is 362 g/mol. The summed E-state index contributed by atoms with van der Waals surface area (Å²) in [7, 11) is 0. The minimum absolute atomic E-state index is 0.170. The van der Waals surface area contributed by atoms with Crippen LogP contribution in [0.5, 0.6) is 0 Å². The van der Waals surface area contributed by atoms with E-state index in [1.165, 1.54) is 30.5 Å². The van der Waals surface area contributed by atoms with Gasteiger partial charge >= 0.3 is 0 Å². The molecule has 2 heteroatoms. The Morgan fingerprint density at radius 3 is 1.79 bits per heavy atom. The van der Waals surface area contributed by atoms with E-state index in [4.69, 9.17) is 0 Å². The van der Waals surface area contributed by atoms with Crippen LogP contribution in [0.4, 0.5) is 8.78 Å². The van der Waals surface area contributed by atoms with E-state index in [1.807, 2.05) is 31.2 Å². The molecule has 0 bridgehead atoms. The third-order valence-electron chi connectivity index (χ3n) is 4.96. The van der Waals surface area contributed by atoms with Crippen molar-refractivity contribution in [3.05, 3.63) is 94.6 Å². The summed E-state index contributed by atoms with van der Waals surface area (Å²) in [5.41, 5.74) is 4.82. The fourth-order valence-electron chi connectivity index (χ4n) is 3.30. The molecule has 0 saturated carbocycles. The van der Waals surface area contributed by atoms with Crippen LogP contribution in [-0.4, -0.2) is 0 Å². The van der Waals surface area contributed by atoms with Crippen LogP contribution < -0.4 is 0 Å². The van der Waals surface area contributed by atoms with E-state index in [2.05, 4.69) is 43.0 Å².